The zero-order valence-corrected chi connectivity index (χ0v) is 17.0. The molecule has 1 unspecified atom stereocenters. The predicted octanol–water partition coefficient (Wildman–Crippen LogP) is 6.00. The van der Waals surface area contributed by atoms with Gasteiger partial charge in [0, 0.05) is 13.2 Å². The molecule has 1 aromatic carbocycles. The summed E-state index contributed by atoms with van der Waals surface area (Å²) < 4.78 is 17.2. The summed E-state index contributed by atoms with van der Waals surface area (Å²) in [6, 6.07) is 8.41. The molecule has 1 saturated carbocycles. The van der Waals surface area contributed by atoms with Crippen molar-refractivity contribution in [3.63, 3.8) is 0 Å². The van der Waals surface area contributed by atoms with Crippen molar-refractivity contribution in [2.45, 2.75) is 78.4 Å². The minimum Gasteiger partial charge on any atom is -0.488 e. The number of aryl methyl sites for hydroxylation is 1. The summed E-state index contributed by atoms with van der Waals surface area (Å²) in [6.07, 6.45) is 10.6. The number of ether oxygens (including phenoxy) is 3. The molecule has 3 heteroatoms. The van der Waals surface area contributed by atoms with Crippen LogP contribution in [0.1, 0.15) is 71.3 Å². The number of rotatable bonds is 12. The van der Waals surface area contributed by atoms with Crippen LogP contribution >= 0.6 is 0 Å². The Balaban J connectivity index is 1.81. The third-order valence-electron chi connectivity index (χ3n) is 5.42. The van der Waals surface area contributed by atoms with Crippen molar-refractivity contribution in [3.05, 3.63) is 29.8 Å². The number of hydrogen-bond donors (Lipinski definition) is 0. The molecular weight excluding hydrogens is 324 g/mol. The fraction of sp³-hybridized carbons (Fsp3) is 0.739. The van der Waals surface area contributed by atoms with Gasteiger partial charge in [-0.05, 0) is 56.6 Å². The first-order valence-electron chi connectivity index (χ1n) is 10.7. The summed E-state index contributed by atoms with van der Waals surface area (Å²) in [4.78, 5) is 0. The lowest BCUT2D eigenvalue weighted by atomic mass is 9.82. The molecule has 1 aliphatic carbocycles. The Kier molecular flexibility index (Phi) is 10.1. The van der Waals surface area contributed by atoms with E-state index in [-0.39, 0.29) is 6.29 Å². The van der Waals surface area contributed by atoms with Crippen LogP contribution in [0.15, 0.2) is 24.3 Å². The predicted molar refractivity (Wildman–Crippen MR) is 108 cm³/mol. The van der Waals surface area contributed by atoms with Crippen LogP contribution in [-0.4, -0.2) is 26.1 Å². The summed E-state index contributed by atoms with van der Waals surface area (Å²) in [6.45, 7) is 8.08. The van der Waals surface area contributed by atoms with Crippen LogP contribution in [-0.2, 0) is 15.9 Å². The molecule has 3 nitrogen and oxygen atoms in total. The molecule has 0 aromatic heterocycles. The van der Waals surface area contributed by atoms with Crippen molar-refractivity contribution in [2.75, 3.05) is 19.8 Å². The van der Waals surface area contributed by atoms with Gasteiger partial charge in [-0.25, -0.2) is 0 Å². The molecule has 0 N–H and O–H groups in total. The first-order valence-corrected chi connectivity index (χ1v) is 10.7. The highest BCUT2D eigenvalue weighted by Crippen LogP contribution is 2.31. The summed E-state index contributed by atoms with van der Waals surface area (Å²) >= 11 is 0. The van der Waals surface area contributed by atoms with E-state index in [2.05, 4.69) is 25.1 Å². The van der Waals surface area contributed by atoms with Gasteiger partial charge in [0.2, 0.25) is 0 Å². The van der Waals surface area contributed by atoms with Crippen LogP contribution in [0, 0.1) is 11.8 Å². The fourth-order valence-corrected chi connectivity index (χ4v) is 4.04. The minimum absolute atomic E-state index is 0.289. The second-order valence-corrected chi connectivity index (χ2v) is 7.64. The Morgan fingerprint density at radius 3 is 2.38 bits per heavy atom. The van der Waals surface area contributed by atoms with Crippen molar-refractivity contribution < 1.29 is 14.2 Å². The van der Waals surface area contributed by atoms with E-state index >= 15 is 0 Å². The van der Waals surface area contributed by atoms with E-state index < -0.39 is 0 Å². The summed E-state index contributed by atoms with van der Waals surface area (Å²) in [7, 11) is 0. The van der Waals surface area contributed by atoms with E-state index in [1.807, 2.05) is 19.9 Å². The maximum atomic E-state index is 6.04. The molecule has 1 atom stereocenters. The third-order valence-corrected chi connectivity index (χ3v) is 5.42. The van der Waals surface area contributed by atoms with E-state index in [4.69, 9.17) is 14.2 Å². The van der Waals surface area contributed by atoms with E-state index in [9.17, 15) is 0 Å². The average Bonchev–Trinajstić information content (AvgIpc) is 2.66. The van der Waals surface area contributed by atoms with Gasteiger partial charge in [0.05, 0.1) is 0 Å². The molecule has 1 aromatic rings. The highest BCUT2D eigenvalue weighted by molar-refractivity contribution is 5.33. The van der Waals surface area contributed by atoms with Crippen molar-refractivity contribution in [1.82, 2.24) is 0 Å². The molecule has 0 radical (unpaired) electrons. The van der Waals surface area contributed by atoms with Crippen LogP contribution in [0.25, 0.3) is 0 Å². The van der Waals surface area contributed by atoms with Gasteiger partial charge in [-0.1, -0.05) is 57.2 Å². The van der Waals surface area contributed by atoms with Crippen molar-refractivity contribution in [1.29, 1.82) is 0 Å². The van der Waals surface area contributed by atoms with Crippen LogP contribution in [0.2, 0.25) is 0 Å². The molecule has 2 rings (SSSR count). The maximum Gasteiger partial charge on any atom is 0.191 e. The lowest BCUT2D eigenvalue weighted by Gasteiger charge is -2.25. The quantitative estimate of drug-likeness (QED) is 0.427. The Morgan fingerprint density at radius 2 is 1.69 bits per heavy atom. The first kappa shape index (κ1) is 21.2. The Morgan fingerprint density at radius 1 is 1.00 bits per heavy atom. The highest BCUT2D eigenvalue weighted by Gasteiger charge is 2.17. The Bertz CT molecular complexity index is 476. The molecule has 0 aliphatic heterocycles. The molecular formula is C23H38O3. The summed E-state index contributed by atoms with van der Waals surface area (Å²) in [5.74, 6) is 2.72. The second-order valence-electron chi connectivity index (χ2n) is 7.64. The molecule has 0 amide bonds. The minimum atomic E-state index is -0.289. The molecule has 1 aliphatic rings. The van der Waals surface area contributed by atoms with Gasteiger partial charge in [-0.15, -0.1) is 0 Å². The molecule has 1 fully saturated rings. The summed E-state index contributed by atoms with van der Waals surface area (Å²) in [5.41, 5.74) is 1.30. The van der Waals surface area contributed by atoms with Gasteiger partial charge >= 0.3 is 0 Å². The lowest BCUT2D eigenvalue weighted by Crippen LogP contribution is -2.25. The van der Waals surface area contributed by atoms with Crippen LogP contribution in [0.4, 0.5) is 0 Å². The SMILES string of the molecule is CCOC(COc1ccccc1CCC(C)CC1CCCCC1)OCC. The molecule has 0 saturated heterocycles. The standard InChI is InChI=1S/C23H38O3/c1-4-24-23(25-5-2)18-26-22-14-10-9-13-21(22)16-15-19(3)17-20-11-7-6-8-12-20/h9-10,13-14,19-20,23H,4-8,11-12,15-18H2,1-3H3. The van der Waals surface area contributed by atoms with Crippen LogP contribution in [0.5, 0.6) is 5.75 Å². The molecule has 148 valence electrons. The van der Waals surface area contributed by atoms with Gasteiger partial charge in [-0.2, -0.15) is 0 Å². The third kappa shape index (κ3) is 7.67. The van der Waals surface area contributed by atoms with Crippen LogP contribution in [0.3, 0.4) is 0 Å². The van der Waals surface area contributed by atoms with E-state index in [1.54, 1.807) is 0 Å². The van der Waals surface area contributed by atoms with E-state index in [1.165, 1.54) is 50.5 Å². The summed E-state index contributed by atoms with van der Waals surface area (Å²) in [5, 5.41) is 0. The average molecular weight is 363 g/mol. The van der Waals surface area contributed by atoms with E-state index in [0.29, 0.717) is 19.8 Å². The van der Waals surface area contributed by atoms with Gasteiger partial charge in [0.25, 0.3) is 0 Å². The van der Waals surface area contributed by atoms with Crippen molar-refractivity contribution in [2.24, 2.45) is 11.8 Å². The fourth-order valence-electron chi connectivity index (χ4n) is 4.04. The largest absolute Gasteiger partial charge is 0.488 e. The van der Waals surface area contributed by atoms with Crippen molar-refractivity contribution >= 4 is 0 Å². The zero-order chi connectivity index (χ0) is 18.6. The van der Waals surface area contributed by atoms with Gasteiger partial charge < -0.3 is 14.2 Å². The van der Waals surface area contributed by atoms with E-state index in [0.717, 1.165) is 24.0 Å². The van der Waals surface area contributed by atoms with Crippen molar-refractivity contribution in [3.8, 4) is 5.75 Å². The van der Waals surface area contributed by atoms with Gasteiger partial charge in [0.1, 0.15) is 12.4 Å². The lowest BCUT2D eigenvalue weighted by molar-refractivity contribution is -0.152. The van der Waals surface area contributed by atoms with Gasteiger partial charge in [-0.3, -0.25) is 0 Å². The molecule has 26 heavy (non-hydrogen) atoms. The highest BCUT2D eigenvalue weighted by atomic mass is 16.7. The first-order chi connectivity index (χ1) is 12.7. The topological polar surface area (TPSA) is 27.7 Å². The number of para-hydroxylation sites is 1. The van der Waals surface area contributed by atoms with Gasteiger partial charge in [0.15, 0.2) is 6.29 Å². The number of hydrogen-bond acceptors (Lipinski definition) is 3. The second kappa shape index (κ2) is 12.3. The number of benzene rings is 1. The molecule has 0 spiro atoms. The maximum absolute atomic E-state index is 6.04. The monoisotopic (exact) mass is 362 g/mol. The molecule has 0 heterocycles. The Labute approximate surface area is 160 Å². The Hall–Kier alpha value is -1.06. The van der Waals surface area contributed by atoms with Crippen LogP contribution < -0.4 is 4.74 Å². The molecule has 0 bridgehead atoms. The smallest absolute Gasteiger partial charge is 0.191 e. The zero-order valence-electron chi connectivity index (χ0n) is 17.0. The normalized spacial score (nSPS) is 16.8.